The SMILES string of the molecule is CCNC(=NCc1cccc(S(=O)(=O)NCCOC)c1)NC1CCCSC1.I. The molecule has 0 aromatic heterocycles. The summed E-state index contributed by atoms with van der Waals surface area (Å²) in [6.07, 6.45) is 2.37. The number of sulfonamides is 1. The molecule has 1 heterocycles. The number of nitrogens with zero attached hydrogens (tertiary/aromatic N) is 1. The van der Waals surface area contributed by atoms with E-state index in [0.29, 0.717) is 19.2 Å². The monoisotopic (exact) mass is 542 g/mol. The lowest BCUT2D eigenvalue weighted by Crippen LogP contribution is -2.45. The van der Waals surface area contributed by atoms with Crippen molar-refractivity contribution in [2.45, 2.75) is 37.2 Å². The number of rotatable bonds is 9. The van der Waals surface area contributed by atoms with Crippen LogP contribution in [0.5, 0.6) is 0 Å². The Labute approximate surface area is 189 Å². The topological polar surface area (TPSA) is 91.8 Å². The van der Waals surface area contributed by atoms with Gasteiger partial charge in [0.25, 0.3) is 0 Å². The van der Waals surface area contributed by atoms with Gasteiger partial charge in [0.05, 0.1) is 18.0 Å². The van der Waals surface area contributed by atoms with Crippen molar-refractivity contribution in [1.29, 1.82) is 0 Å². The van der Waals surface area contributed by atoms with Gasteiger partial charge < -0.3 is 15.4 Å². The van der Waals surface area contributed by atoms with Crippen LogP contribution in [0.15, 0.2) is 34.2 Å². The summed E-state index contributed by atoms with van der Waals surface area (Å²) in [5, 5.41) is 6.74. The molecule has 10 heteroatoms. The minimum Gasteiger partial charge on any atom is -0.383 e. The van der Waals surface area contributed by atoms with Crippen LogP contribution in [-0.2, 0) is 21.3 Å². The van der Waals surface area contributed by atoms with E-state index in [1.807, 2.05) is 24.8 Å². The van der Waals surface area contributed by atoms with Gasteiger partial charge in [-0.05, 0) is 43.2 Å². The summed E-state index contributed by atoms with van der Waals surface area (Å²) < 4.78 is 32.1. The molecule has 28 heavy (non-hydrogen) atoms. The van der Waals surface area contributed by atoms with Crippen molar-refractivity contribution in [3.63, 3.8) is 0 Å². The number of ether oxygens (including phenoxy) is 1. The molecule has 160 valence electrons. The second-order valence-corrected chi connectivity index (χ2v) is 9.21. The van der Waals surface area contributed by atoms with E-state index in [2.05, 4.69) is 20.3 Å². The van der Waals surface area contributed by atoms with E-state index < -0.39 is 10.0 Å². The van der Waals surface area contributed by atoms with E-state index in [4.69, 9.17) is 4.74 Å². The lowest BCUT2D eigenvalue weighted by atomic mass is 10.2. The Kier molecular flexibility index (Phi) is 12.4. The quantitative estimate of drug-likeness (QED) is 0.192. The molecule has 1 atom stereocenters. The van der Waals surface area contributed by atoms with Crippen molar-refractivity contribution in [2.24, 2.45) is 4.99 Å². The predicted molar refractivity (Wildman–Crippen MR) is 127 cm³/mol. The molecule has 1 aromatic rings. The number of hydrogen-bond acceptors (Lipinski definition) is 5. The fraction of sp³-hybridized carbons (Fsp3) is 0.611. The molecule has 7 nitrogen and oxygen atoms in total. The maximum absolute atomic E-state index is 12.3. The van der Waals surface area contributed by atoms with Crippen molar-refractivity contribution in [1.82, 2.24) is 15.4 Å². The molecule has 0 amide bonds. The number of nitrogens with one attached hydrogen (secondary N) is 3. The van der Waals surface area contributed by atoms with E-state index in [-0.39, 0.29) is 35.4 Å². The van der Waals surface area contributed by atoms with E-state index in [0.717, 1.165) is 30.2 Å². The minimum atomic E-state index is -3.54. The third-order valence-corrected chi connectivity index (χ3v) is 6.75. The molecule has 0 radical (unpaired) electrons. The van der Waals surface area contributed by atoms with Gasteiger partial charge in [0.2, 0.25) is 10.0 Å². The molecule has 0 aliphatic carbocycles. The standard InChI is InChI=1S/C18H30N4O3S2.HI/c1-3-19-18(22-16-7-5-11-26-14-16)20-13-15-6-4-8-17(12-15)27(23,24)21-9-10-25-2;/h4,6,8,12,16,21H,3,5,7,9-11,13-14H2,1-2H3,(H2,19,20,22);1H. The van der Waals surface area contributed by atoms with Crippen LogP contribution in [0.25, 0.3) is 0 Å². The molecule has 0 saturated carbocycles. The largest absolute Gasteiger partial charge is 0.383 e. The molecule has 0 bridgehead atoms. The Morgan fingerprint density at radius 1 is 1.39 bits per heavy atom. The van der Waals surface area contributed by atoms with E-state index >= 15 is 0 Å². The van der Waals surface area contributed by atoms with Crippen LogP contribution in [0, 0.1) is 0 Å². The van der Waals surface area contributed by atoms with Crippen LogP contribution in [-0.4, -0.2) is 58.7 Å². The highest BCUT2D eigenvalue weighted by Crippen LogP contribution is 2.17. The first-order valence-corrected chi connectivity index (χ1v) is 11.9. The Hall–Kier alpha value is -0.560. The summed E-state index contributed by atoms with van der Waals surface area (Å²) >= 11 is 1.96. The first-order chi connectivity index (χ1) is 13.0. The summed E-state index contributed by atoms with van der Waals surface area (Å²) in [6.45, 7) is 3.81. The molecule has 1 aliphatic rings. The van der Waals surface area contributed by atoms with Gasteiger partial charge in [0.15, 0.2) is 5.96 Å². The van der Waals surface area contributed by atoms with Gasteiger partial charge in [-0.25, -0.2) is 18.1 Å². The van der Waals surface area contributed by atoms with Gasteiger partial charge >= 0.3 is 0 Å². The molecule has 1 unspecified atom stereocenters. The maximum atomic E-state index is 12.3. The molecule has 3 N–H and O–H groups in total. The van der Waals surface area contributed by atoms with Crippen LogP contribution >= 0.6 is 35.7 Å². The molecule has 2 rings (SSSR count). The average molecular weight is 543 g/mol. The molecular weight excluding hydrogens is 511 g/mol. The molecule has 1 aromatic carbocycles. The Morgan fingerprint density at radius 2 is 2.21 bits per heavy atom. The average Bonchev–Trinajstić information content (AvgIpc) is 2.67. The van der Waals surface area contributed by atoms with Crippen molar-refractivity contribution in [3.8, 4) is 0 Å². The first-order valence-electron chi connectivity index (χ1n) is 9.25. The summed E-state index contributed by atoms with van der Waals surface area (Å²) in [6, 6.07) is 7.31. The summed E-state index contributed by atoms with van der Waals surface area (Å²) in [5.41, 5.74) is 0.847. The number of benzene rings is 1. The number of methoxy groups -OCH3 is 1. The zero-order valence-corrected chi connectivity index (χ0v) is 20.4. The fourth-order valence-corrected chi connectivity index (χ4v) is 4.87. The van der Waals surface area contributed by atoms with Gasteiger partial charge in [-0.1, -0.05) is 12.1 Å². The van der Waals surface area contributed by atoms with Crippen molar-refractivity contribution in [2.75, 3.05) is 38.3 Å². The zero-order chi connectivity index (χ0) is 19.5. The van der Waals surface area contributed by atoms with E-state index in [1.54, 1.807) is 18.2 Å². The summed E-state index contributed by atoms with van der Waals surface area (Å²) in [5.74, 6) is 3.09. The molecular formula is C18H31IN4O3S2. The lowest BCUT2D eigenvalue weighted by Gasteiger charge is -2.24. The normalized spacial score (nSPS) is 17.6. The Morgan fingerprint density at radius 3 is 2.89 bits per heavy atom. The van der Waals surface area contributed by atoms with Crippen LogP contribution in [0.3, 0.4) is 0 Å². The second kappa shape index (κ2) is 13.6. The predicted octanol–water partition coefficient (Wildman–Crippen LogP) is 2.18. The highest BCUT2D eigenvalue weighted by Gasteiger charge is 2.15. The van der Waals surface area contributed by atoms with E-state index in [9.17, 15) is 8.42 Å². The van der Waals surface area contributed by atoms with Crippen molar-refractivity contribution < 1.29 is 13.2 Å². The van der Waals surface area contributed by atoms with Gasteiger partial charge in [0.1, 0.15) is 0 Å². The van der Waals surface area contributed by atoms with Crippen molar-refractivity contribution in [3.05, 3.63) is 29.8 Å². The van der Waals surface area contributed by atoms with Crippen LogP contribution in [0.4, 0.5) is 0 Å². The fourth-order valence-electron chi connectivity index (χ4n) is 2.71. The lowest BCUT2D eigenvalue weighted by molar-refractivity contribution is 0.204. The first kappa shape index (κ1) is 25.5. The van der Waals surface area contributed by atoms with Gasteiger partial charge in [-0.2, -0.15) is 11.8 Å². The smallest absolute Gasteiger partial charge is 0.240 e. The highest BCUT2D eigenvalue weighted by atomic mass is 127. The minimum absolute atomic E-state index is 0. The number of thioether (sulfide) groups is 1. The van der Waals surface area contributed by atoms with Crippen LogP contribution < -0.4 is 15.4 Å². The maximum Gasteiger partial charge on any atom is 0.240 e. The molecule has 1 fully saturated rings. The van der Waals surface area contributed by atoms with Gasteiger partial charge in [0, 0.05) is 32.0 Å². The molecule has 0 spiro atoms. The van der Waals surface area contributed by atoms with Crippen molar-refractivity contribution >= 4 is 51.7 Å². The Bertz CT molecular complexity index is 711. The number of hydrogen-bond donors (Lipinski definition) is 3. The molecule has 1 aliphatic heterocycles. The third-order valence-electron chi connectivity index (χ3n) is 4.07. The zero-order valence-electron chi connectivity index (χ0n) is 16.4. The van der Waals surface area contributed by atoms with Gasteiger partial charge in [-0.3, -0.25) is 0 Å². The van der Waals surface area contributed by atoms with Crippen LogP contribution in [0.1, 0.15) is 25.3 Å². The van der Waals surface area contributed by atoms with Gasteiger partial charge in [-0.15, -0.1) is 24.0 Å². The van der Waals surface area contributed by atoms with Crippen LogP contribution in [0.2, 0.25) is 0 Å². The van der Waals surface area contributed by atoms with E-state index in [1.165, 1.54) is 19.3 Å². The summed E-state index contributed by atoms with van der Waals surface area (Å²) in [7, 11) is -2.00. The third kappa shape index (κ3) is 8.85. The number of halogens is 1. The number of guanidine groups is 1. The summed E-state index contributed by atoms with van der Waals surface area (Å²) in [4.78, 5) is 4.87. The Balaban J connectivity index is 0.00000392. The number of aliphatic imine (C=N–C) groups is 1. The highest BCUT2D eigenvalue weighted by molar-refractivity contribution is 14.0. The second-order valence-electron chi connectivity index (χ2n) is 6.29. The molecule has 1 saturated heterocycles.